The number of hydrogen-bond donors (Lipinski definition) is 1. The zero-order valence-electron chi connectivity index (χ0n) is 19.3. The van der Waals surface area contributed by atoms with Gasteiger partial charge in [0.15, 0.2) is 0 Å². The van der Waals surface area contributed by atoms with Gasteiger partial charge in [0.2, 0.25) is 0 Å². The largest absolute Gasteiger partial charge is 0.324 e. The molecule has 0 atom stereocenters. The van der Waals surface area contributed by atoms with Crippen molar-refractivity contribution in [1.29, 1.82) is 0 Å². The monoisotopic (exact) mass is 420 g/mol. The number of hydrogen-bond acceptors (Lipinski definition) is 2. The van der Waals surface area contributed by atoms with Gasteiger partial charge in [0.25, 0.3) is 10.1 Å². The van der Waals surface area contributed by atoms with Gasteiger partial charge in [-0.15, -0.1) is 0 Å². The lowest BCUT2D eigenvalue weighted by molar-refractivity contribution is -0.928. The molecule has 0 aliphatic rings. The minimum Gasteiger partial charge on any atom is -0.324 e. The van der Waals surface area contributed by atoms with E-state index in [1.54, 1.807) is 0 Å². The number of rotatable bonds is 21. The first-order valence-corrected chi connectivity index (χ1v) is 13.8. The van der Waals surface area contributed by atoms with Crippen LogP contribution in [0.4, 0.5) is 0 Å². The summed E-state index contributed by atoms with van der Waals surface area (Å²) in [5.74, 6) is -0.0983. The van der Waals surface area contributed by atoms with Crippen LogP contribution in [0.25, 0.3) is 0 Å². The molecule has 0 aromatic rings. The molecule has 0 aliphatic carbocycles. The van der Waals surface area contributed by atoms with E-state index in [-0.39, 0.29) is 5.75 Å². The van der Waals surface area contributed by atoms with Gasteiger partial charge in [0.05, 0.1) is 31.9 Å². The number of quaternary nitrogens is 1. The van der Waals surface area contributed by atoms with Crippen LogP contribution in [-0.2, 0) is 10.1 Å². The van der Waals surface area contributed by atoms with Gasteiger partial charge in [-0.2, -0.15) is 8.42 Å². The molecule has 0 radical (unpaired) electrons. The molecule has 0 spiro atoms. The fourth-order valence-electron chi connectivity index (χ4n) is 4.49. The molecule has 5 heteroatoms. The summed E-state index contributed by atoms with van der Waals surface area (Å²) in [6.07, 6.45) is 19.2. The van der Waals surface area contributed by atoms with Gasteiger partial charge < -0.3 is 4.48 Å². The van der Waals surface area contributed by atoms with Gasteiger partial charge >= 0.3 is 0 Å². The standard InChI is InChI=1S/C23H49NO3S/c1-4-7-8-9-10-11-12-13-14-15-16-17-21-24(19-5-2,20-6-3)22-18-23-28(25,26)27/h4-23H2,1-3H3/p+1. The normalized spacial score (nSPS) is 12.6. The van der Waals surface area contributed by atoms with E-state index in [0.29, 0.717) is 6.42 Å². The van der Waals surface area contributed by atoms with Crippen molar-refractivity contribution in [2.75, 3.05) is 31.9 Å². The van der Waals surface area contributed by atoms with Crippen molar-refractivity contribution in [3.05, 3.63) is 0 Å². The predicted octanol–water partition coefficient (Wildman–Crippen LogP) is 6.60. The van der Waals surface area contributed by atoms with Gasteiger partial charge in [-0.3, -0.25) is 4.55 Å². The van der Waals surface area contributed by atoms with E-state index in [2.05, 4.69) is 20.8 Å². The number of nitrogens with zero attached hydrogens (tertiary/aromatic N) is 1. The van der Waals surface area contributed by atoms with Gasteiger partial charge in [-0.25, -0.2) is 0 Å². The second-order valence-corrected chi connectivity index (χ2v) is 10.3. The maximum atomic E-state index is 11.1. The minimum absolute atomic E-state index is 0.0983. The molecule has 0 heterocycles. The summed E-state index contributed by atoms with van der Waals surface area (Å²) in [6.45, 7) is 11.0. The molecule has 28 heavy (non-hydrogen) atoms. The van der Waals surface area contributed by atoms with Crippen LogP contribution in [-0.4, -0.2) is 49.4 Å². The Hall–Kier alpha value is -0.130. The Morgan fingerprint density at radius 2 is 0.929 bits per heavy atom. The quantitative estimate of drug-likeness (QED) is 0.129. The molecule has 0 saturated carbocycles. The number of unbranched alkanes of at least 4 members (excludes halogenated alkanes) is 11. The summed E-state index contributed by atoms with van der Waals surface area (Å²) >= 11 is 0. The van der Waals surface area contributed by atoms with Gasteiger partial charge in [-0.1, -0.05) is 85.0 Å². The van der Waals surface area contributed by atoms with Crippen molar-refractivity contribution in [3.63, 3.8) is 0 Å². The molecule has 0 unspecified atom stereocenters. The van der Waals surface area contributed by atoms with Crippen molar-refractivity contribution in [2.24, 2.45) is 0 Å². The maximum Gasteiger partial charge on any atom is 0.265 e. The van der Waals surface area contributed by atoms with Gasteiger partial charge in [0, 0.05) is 6.42 Å². The highest BCUT2D eigenvalue weighted by Crippen LogP contribution is 2.17. The Morgan fingerprint density at radius 3 is 1.32 bits per heavy atom. The summed E-state index contributed by atoms with van der Waals surface area (Å²) < 4.78 is 32.2. The highest BCUT2D eigenvalue weighted by Gasteiger charge is 2.25. The molecule has 1 N–H and O–H groups in total. The Kier molecular flexibility index (Phi) is 17.6. The van der Waals surface area contributed by atoms with Crippen LogP contribution in [0.1, 0.15) is 117 Å². The van der Waals surface area contributed by atoms with Gasteiger partial charge in [-0.05, 0) is 25.7 Å². The first kappa shape index (κ1) is 27.9. The van der Waals surface area contributed by atoms with Crippen molar-refractivity contribution < 1.29 is 17.5 Å². The van der Waals surface area contributed by atoms with E-state index < -0.39 is 10.1 Å². The molecule has 4 nitrogen and oxygen atoms in total. The Bertz CT molecular complexity index is 431. The molecular formula is C23H50NO3S+. The first-order valence-electron chi connectivity index (χ1n) is 12.2. The molecule has 0 amide bonds. The van der Waals surface area contributed by atoms with Crippen LogP contribution >= 0.6 is 0 Å². The van der Waals surface area contributed by atoms with E-state index in [1.165, 1.54) is 77.0 Å². The lowest BCUT2D eigenvalue weighted by Crippen LogP contribution is -2.50. The zero-order chi connectivity index (χ0) is 21.1. The van der Waals surface area contributed by atoms with Crippen LogP contribution in [0.3, 0.4) is 0 Å². The first-order chi connectivity index (χ1) is 13.4. The van der Waals surface area contributed by atoms with Crippen molar-refractivity contribution in [2.45, 2.75) is 117 Å². The molecule has 170 valence electrons. The third-order valence-electron chi connectivity index (χ3n) is 5.92. The molecule has 0 fully saturated rings. The lowest BCUT2D eigenvalue weighted by atomic mass is 10.0. The molecule has 0 bridgehead atoms. The van der Waals surface area contributed by atoms with Crippen LogP contribution < -0.4 is 0 Å². The Labute approximate surface area is 176 Å². The second kappa shape index (κ2) is 17.7. The van der Waals surface area contributed by atoms with Crippen LogP contribution in [0.15, 0.2) is 0 Å². The molecule has 0 rings (SSSR count). The topological polar surface area (TPSA) is 54.4 Å². The lowest BCUT2D eigenvalue weighted by Gasteiger charge is -2.39. The summed E-state index contributed by atoms with van der Waals surface area (Å²) in [5.41, 5.74) is 0. The van der Waals surface area contributed by atoms with Crippen LogP contribution in [0, 0.1) is 0 Å². The van der Waals surface area contributed by atoms with E-state index >= 15 is 0 Å². The average molecular weight is 421 g/mol. The second-order valence-electron chi connectivity index (χ2n) is 8.76. The van der Waals surface area contributed by atoms with E-state index in [4.69, 9.17) is 4.55 Å². The fourth-order valence-corrected chi connectivity index (χ4v) is 4.98. The van der Waals surface area contributed by atoms with Crippen molar-refractivity contribution >= 4 is 10.1 Å². The van der Waals surface area contributed by atoms with Crippen LogP contribution in [0.5, 0.6) is 0 Å². The fraction of sp³-hybridized carbons (Fsp3) is 1.00. The maximum absolute atomic E-state index is 11.1. The third-order valence-corrected chi connectivity index (χ3v) is 6.72. The van der Waals surface area contributed by atoms with Gasteiger partial charge in [0.1, 0.15) is 0 Å². The Morgan fingerprint density at radius 1 is 0.536 bits per heavy atom. The highest BCUT2D eigenvalue weighted by atomic mass is 32.2. The molecule has 0 aliphatic heterocycles. The van der Waals surface area contributed by atoms with Crippen molar-refractivity contribution in [3.8, 4) is 0 Å². The van der Waals surface area contributed by atoms with E-state index in [9.17, 15) is 8.42 Å². The summed E-state index contributed by atoms with van der Waals surface area (Å²) in [4.78, 5) is 0. The summed E-state index contributed by atoms with van der Waals surface area (Å²) in [6, 6.07) is 0. The third kappa shape index (κ3) is 16.8. The van der Waals surface area contributed by atoms with E-state index in [0.717, 1.165) is 43.5 Å². The summed E-state index contributed by atoms with van der Waals surface area (Å²) in [7, 11) is -3.83. The molecule has 0 aromatic carbocycles. The molecule has 0 aromatic heterocycles. The smallest absolute Gasteiger partial charge is 0.265 e. The van der Waals surface area contributed by atoms with E-state index in [1.807, 2.05) is 0 Å². The van der Waals surface area contributed by atoms with Crippen molar-refractivity contribution in [1.82, 2.24) is 0 Å². The highest BCUT2D eigenvalue weighted by molar-refractivity contribution is 7.85. The average Bonchev–Trinajstić information content (AvgIpc) is 2.62. The predicted molar refractivity (Wildman–Crippen MR) is 122 cm³/mol. The van der Waals surface area contributed by atoms with Crippen LogP contribution in [0.2, 0.25) is 0 Å². The molecule has 0 saturated heterocycles. The molecular weight excluding hydrogens is 370 g/mol. The zero-order valence-corrected chi connectivity index (χ0v) is 20.1. The SMILES string of the molecule is CCCCCCCCCCCCCC[N+](CCC)(CCC)CCCS(=O)(=O)O. The Balaban J connectivity index is 3.97. The minimum atomic E-state index is -3.83. The summed E-state index contributed by atoms with van der Waals surface area (Å²) in [5, 5.41) is 0.